The number of para-hydroxylation sites is 1. The van der Waals surface area contributed by atoms with Crippen molar-refractivity contribution >= 4 is 22.5 Å². The van der Waals surface area contributed by atoms with Gasteiger partial charge >= 0.3 is 0 Å². The van der Waals surface area contributed by atoms with Crippen LogP contribution in [0.3, 0.4) is 0 Å². The molecular weight excluding hydrogens is 196 g/mol. The number of nitrogens with one attached hydrogen (secondary N) is 1. The predicted molar refractivity (Wildman–Crippen MR) is 60.8 cm³/mol. The highest BCUT2D eigenvalue weighted by Gasteiger charge is 2.09. The summed E-state index contributed by atoms with van der Waals surface area (Å²) in [6.07, 6.45) is 0.822. The van der Waals surface area contributed by atoms with Crippen LogP contribution in [0.15, 0.2) is 18.2 Å². The minimum atomic E-state index is 0.626. The third-order valence-corrected chi connectivity index (χ3v) is 2.81. The second-order valence-electron chi connectivity index (χ2n) is 3.45. The van der Waals surface area contributed by atoms with Crippen LogP contribution in [0.4, 0.5) is 0 Å². The molecule has 0 saturated carbocycles. The molecule has 1 aromatic heterocycles. The third-order valence-electron chi connectivity index (χ3n) is 2.49. The molecule has 1 aromatic carbocycles. The van der Waals surface area contributed by atoms with Crippen LogP contribution in [0.2, 0.25) is 5.15 Å². The molecule has 14 heavy (non-hydrogen) atoms. The molecule has 0 bridgehead atoms. The number of hydrogen-bond acceptors (Lipinski definition) is 1. The molecule has 1 heterocycles. The fourth-order valence-electron chi connectivity index (χ4n) is 1.78. The van der Waals surface area contributed by atoms with Gasteiger partial charge < -0.3 is 10.7 Å². The largest absolute Gasteiger partial charge is 0.345 e. The van der Waals surface area contributed by atoms with Gasteiger partial charge in [-0.2, -0.15) is 0 Å². The molecule has 0 aliphatic carbocycles. The van der Waals surface area contributed by atoms with E-state index in [-0.39, 0.29) is 0 Å². The van der Waals surface area contributed by atoms with Crippen molar-refractivity contribution in [1.82, 2.24) is 4.98 Å². The molecule has 0 aliphatic rings. The molecule has 0 unspecified atom stereocenters. The number of hydrogen-bond donors (Lipinski definition) is 2. The number of benzene rings is 1. The Balaban J connectivity index is 2.70. The van der Waals surface area contributed by atoms with Crippen LogP contribution in [-0.4, -0.2) is 11.5 Å². The Kier molecular flexibility index (Phi) is 2.48. The van der Waals surface area contributed by atoms with Crippen LogP contribution in [0.25, 0.3) is 10.9 Å². The summed E-state index contributed by atoms with van der Waals surface area (Å²) in [4.78, 5) is 3.19. The minimum absolute atomic E-state index is 0.626. The lowest BCUT2D eigenvalue weighted by Crippen LogP contribution is -2.02. The molecule has 0 atom stereocenters. The van der Waals surface area contributed by atoms with Gasteiger partial charge in [-0.05, 0) is 31.0 Å². The van der Waals surface area contributed by atoms with Gasteiger partial charge in [0, 0.05) is 10.9 Å². The number of aryl methyl sites for hydroxylation is 1. The summed E-state index contributed by atoms with van der Waals surface area (Å²) < 4.78 is 0. The molecule has 0 saturated heterocycles. The summed E-state index contributed by atoms with van der Waals surface area (Å²) in [5.74, 6) is 0. The van der Waals surface area contributed by atoms with Gasteiger partial charge in [-0.25, -0.2) is 0 Å². The fraction of sp³-hybridized carbons (Fsp3) is 0.273. The van der Waals surface area contributed by atoms with Gasteiger partial charge in [0.2, 0.25) is 0 Å². The Morgan fingerprint density at radius 2 is 2.21 bits per heavy atom. The predicted octanol–water partition coefficient (Wildman–Crippen LogP) is 2.63. The van der Waals surface area contributed by atoms with E-state index in [2.05, 4.69) is 24.0 Å². The lowest BCUT2D eigenvalue weighted by molar-refractivity contribution is 0.976. The smallest absolute Gasteiger partial charge is 0.110 e. The van der Waals surface area contributed by atoms with Crippen LogP contribution < -0.4 is 5.73 Å². The standard InChI is InChI=1S/C11H13ClN2/c1-7-3-2-4-8-9(5-6-13)11(12)14-10(7)8/h2-4,14H,5-6,13H2,1H3. The van der Waals surface area contributed by atoms with E-state index in [9.17, 15) is 0 Å². The molecule has 0 fully saturated rings. The Morgan fingerprint density at radius 1 is 1.43 bits per heavy atom. The summed E-state index contributed by atoms with van der Waals surface area (Å²) in [7, 11) is 0. The first kappa shape index (κ1) is 9.56. The summed E-state index contributed by atoms with van der Waals surface area (Å²) in [6, 6.07) is 6.19. The highest BCUT2D eigenvalue weighted by Crippen LogP contribution is 2.28. The van der Waals surface area contributed by atoms with Crippen molar-refractivity contribution in [2.45, 2.75) is 13.3 Å². The Bertz CT molecular complexity index is 460. The first-order chi connectivity index (χ1) is 6.74. The molecule has 2 aromatic rings. The van der Waals surface area contributed by atoms with Crippen LogP contribution in [0, 0.1) is 6.92 Å². The van der Waals surface area contributed by atoms with E-state index in [1.54, 1.807) is 0 Å². The highest BCUT2D eigenvalue weighted by atomic mass is 35.5. The second-order valence-corrected chi connectivity index (χ2v) is 3.83. The molecule has 74 valence electrons. The number of aromatic amines is 1. The Labute approximate surface area is 88.1 Å². The van der Waals surface area contributed by atoms with Gasteiger partial charge in [0.15, 0.2) is 0 Å². The molecule has 0 aliphatic heterocycles. The number of nitrogens with two attached hydrogens (primary N) is 1. The van der Waals surface area contributed by atoms with Crippen molar-refractivity contribution in [3.05, 3.63) is 34.5 Å². The summed E-state index contributed by atoms with van der Waals surface area (Å²) in [5, 5.41) is 1.92. The second kappa shape index (κ2) is 3.64. The van der Waals surface area contributed by atoms with Gasteiger partial charge in [-0.15, -0.1) is 0 Å². The number of H-pyrrole nitrogens is 1. The monoisotopic (exact) mass is 208 g/mol. The average Bonchev–Trinajstić information content (AvgIpc) is 2.47. The number of fused-ring (bicyclic) bond motifs is 1. The van der Waals surface area contributed by atoms with Crippen LogP contribution in [-0.2, 0) is 6.42 Å². The summed E-state index contributed by atoms with van der Waals surface area (Å²) in [6.45, 7) is 2.70. The summed E-state index contributed by atoms with van der Waals surface area (Å²) in [5.41, 5.74) is 9.02. The van der Waals surface area contributed by atoms with E-state index in [0.29, 0.717) is 6.54 Å². The number of rotatable bonds is 2. The lowest BCUT2D eigenvalue weighted by Gasteiger charge is -1.97. The molecule has 3 heteroatoms. The normalized spacial score (nSPS) is 11.1. The average molecular weight is 209 g/mol. The quantitative estimate of drug-likeness (QED) is 0.783. The van der Waals surface area contributed by atoms with E-state index in [4.69, 9.17) is 17.3 Å². The summed E-state index contributed by atoms with van der Waals surface area (Å²) >= 11 is 6.11. The maximum Gasteiger partial charge on any atom is 0.110 e. The SMILES string of the molecule is Cc1cccc2c(CCN)c(Cl)[nH]c12. The first-order valence-corrected chi connectivity index (χ1v) is 5.07. The minimum Gasteiger partial charge on any atom is -0.345 e. The maximum absolute atomic E-state index is 6.11. The van der Waals surface area contributed by atoms with E-state index in [0.717, 1.165) is 22.7 Å². The van der Waals surface area contributed by atoms with Gasteiger partial charge in [-0.3, -0.25) is 0 Å². The van der Waals surface area contributed by atoms with Crippen LogP contribution in [0.5, 0.6) is 0 Å². The van der Waals surface area contributed by atoms with Crippen molar-refractivity contribution < 1.29 is 0 Å². The number of halogens is 1. The zero-order valence-electron chi connectivity index (χ0n) is 8.10. The molecule has 2 rings (SSSR count). The van der Waals surface area contributed by atoms with Crippen molar-refractivity contribution in [2.75, 3.05) is 6.54 Å². The fourth-order valence-corrected chi connectivity index (χ4v) is 2.07. The van der Waals surface area contributed by atoms with Crippen LogP contribution >= 0.6 is 11.6 Å². The lowest BCUT2D eigenvalue weighted by atomic mass is 10.1. The zero-order valence-corrected chi connectivity index (χ0v) is 8.86. The topological polar surface area (TPSA) is 41.8 Å². The van der Waals surface area contributed by atoms with E-state index in [1.165, 1.54) is 10.9 Å². The van der Waals surface area contributed by atoms with Gasteiger partial charge in [0.25, 0.3) is 0 Å². The van der Waals surface area contributed by atoms with Crippen molar-refractivity contribution in [3.63, 3.8) is 0 Å². The van der Waals surface area contributed by atoms with Crippen molar-refractivity contribution in [1.29, 1.82) is 0 Å². The number of aromatic nitrogens is 1. The van der Waals surface area contributed by atoms with Gasteiger partial charge in [-0.1, -0.05) is 29.8 Å². The maximum atomic E-state index is 6.11. The third kappa shape index (κ3) is 1.41. The molecule has 0 spiro atoms. The molecule has 3 N–H and O–H groups in total. The van der Waals surface area contributed by atoms with Gasteiger partial charge in [0.05, 0.1) is 0 Å². The van der Waals surface area contributed by atoms with E-state index < -0.39 is 0 Å². The van der Waals surface area contributed by atoms with Gasteiger partial charge in [0.1, 0.15) is 5.15 Å². The highest BCUT2D eigenvalue weighted by molar-refractivity contribution is 6.31. The van der Waals surface area contributed by atoms with E-state index >= 15 is 0 Å². The van der Waals surface area contributed by atoms with Crippen LogP contribution in [0.1, 0.15) is 11.1 Å². The molecular formula is C11H13ClN2. The Hall–Kier alpha value is -0.990. The molecule has 2 nitrogen and oxygen atoms in total. The van der Waals surface area contributed by atoms with E-state index in [1.807, 2.05) is 6.07 Å². The van der Waals surface area contributed by atoms with Crippen molar-refractivity contribution in [2.24, 2.45) is 5.73 Å². The molecule has 0 radical (unpaired) electrons. The molecule has 0 amide bonds. The first-order valence-electron chi connectivity index (χ1n) is 4.69. The Morgan fingerprint density at radius 3 is 2.93 bits per heavy atom. The zero-order chi connectivity index (χ0) is 10.1. The van der Waals surface area contributed by atoms with Crippen molar-refractivity contribution in [3.8, 4) is 0 Å².